The van der Waals surface area contributed by atoms with Crippen LogP contribution < -0.4 is 5.32 Å². The summed E-state index contributed by atoms with van der Waals surface area (Å²) in [6.45, 7) is 4.55. The molecule has 3 nitrogen and oxygen atoms in total. The molecule has 0 aromatic carbocycles. The lowest BCUT2D eigenvalue weighted by atomic mass is 9.95. The summed E-state index contributed by atoms with van der Waals surface area (Å²) in [6.07, 6.45) is 10.2. The van der Waals surface area contributed by atoms with Crippen molar-refractivity contribution in [3.05, 3.63) is 0 Å². The van der Waals surface area contributed by atoms with Gasteiger partial charge in [-0.15, -0.1) is 0 Å². The summed E-state index contributed by atoms with van der Waals surface area (Å²) in [5.41, 5.74) is 0. The van der Waals surface area contributed by atoms with E-state index in [0.29, 0.717) is 0 Å². The number of aliphatic hydroxyl groups excluding tert-OH is 1. The predicted molar refractivity (Wildman–Crippen MR) is 71.2 cm³/mol. The highest BCUT2D eigenvalue weighted by atomic mass is 16.3. The van der Waals surface area contributed by atoms with Crippen molar-refractivity contribution in [1.29, 1.82) is 0 Å². The Kier molecular flexibility index (Phi) is 5.75. The first-order valence-corrected chi connectivity index (χ1v) is 7.48. The Morgan fingerprint density at radius 3 is 2.41 bits per heavy atom. The third-order valence-corrected chi connectivity index (χ3v) is 4.25. The van der Waals surface area contributed by atoms with Gasteiger partial charge in [0, 0.05) is 19.1 Å². The number of likely N-dealkylation sites (tertiary alicyclic amines) is 1. The molecule has 2 aliphatic rings. The largest absolute Gasteiger partial charge is 0.393 e. The van der Waals surface area contributed by atoms with Crippen LogP contribution in [-0.2, 0) is 0 Å². The first kappa shape index (κ1) is 13.3. The van der Waals surface area contributed by atoms with Crippen LogP contribution in [0.3, 0.4) is 0 Å². The van der Waals surface area contributed by atoms with E-state index in [1.54, 1.807) is 0 Å². The highest BCUT2D eigenvalue weighted by Crippen LogP contribution is 2.17. The minimum absolute atomic E-state index is 0.0355. The summed E-state index contributed by atoms with van der Waals surface area (Å²) >= 11 is 0. The second-order valence-electron chi connectivity index (χ2n) is 5.72. The molecule has 1 saturated carbocycles. The smallest absolute Gasteiger partial charge is 0.0564 e. The summed E-state index contributed by atoms with van der Waals surface area (Å²) in [7, 11) is 0. The van der Waals surface area contributed by atoms with E-state index >= 15 is 0 Å². The summed E-state index contributed by atoms with van der Waals surface area (Å²) < 4.78 is 0. The van der Waals surface area contributed by atoms with E-state index in [9.17, 15) is 5.11 Å². The number of piperidine rings is 1. The molecule has 2 rings (SSSR count). The molecule has 0 bridgehead atoms. The molecule has 0 aromatic rings. The SMILES string of the molecule is OC1CCN(CCCNC2CCCCC2)CC1. The van der Waals surface area contributed by atoms with Crippen LogP contribution in [0.15, 0.2) is 0 Å². The Hall–Kier alpha value is -0.120. The van der Waals surface area contributed by atoms with E-state index in [4.69, 9.17) is 0 Å². The molecule has 0 unspecified atom stereocenters. The molecule has 0 atom stereocenters. The van der Waals surface area contributed by atoms with Gasteiger partial charge in [0.2, 0.25) is 0 Å². The topological polar surface area (TPSA) is 35.5 Å². The van der Waals surface area contributed by atoms with Crippen molar-refractivity contribution in [1.82, 2.24) is 10.2 Å². The molecule has 2 fully saturated rings. The maximum atomic E-state index is 9.43. The van der Waals surface area contributed by atoms with Crippen LogP contribution in [-0.4, -0.2) is 48.3 Å². The molecular formula is C14H28N2O. The van der Waals surface area contributed by atoms with Gasteiger partial charge >= 0.3 is 0 Å². The molecule has 100 valence electrons. The Bertz CT molecular complexity index is 196. The quantitative estimate of drug-likeness (QED) is 0.719. The van der Waals surface area contributed by atoms with Gasteiger partial charge in [-0.05, 0) is 45.2 Å². The maximum Gasteiger partial charge on any atom is 0.0564 e. The number of hydrogen-bond acceptors (Lipinski definition) is 3. The lowest BCUT2D eigenvalue weighted by Gasteiger charge is -2.29. The molecule has 0 spiro atoms. The van der Waals surface area contributed by atoms with E-state index in [1.165, 1.54) is 51.6 Å². The van der Waals surface area contributed by atoms with Gasteiger partial charge < -0.3 is 15.3 Å². The van der Waals surface area contributed by atoms with E-state index in [-0.39, 0.29) is 6.10 Å². The lowest BCUT2D eigenvalue weighted by Crippen LogP contribution is -2.38. The van der Waals surface area contributed by atoms with Crippen LogP contribution in [0.2, 0.25) is 0 Å². The second-order valence-corrected chi connectivity index (χ2v) is 5.72. The highest BCUT2D eigenvalue weighted by molar-refractivity contribution is 4.73. The number of nitrogens with zero attached hydrogens (tertiary/aromatic N) is 1. The van der Waals surface area contributed by atoms with Crippen LogP contribution >= 0.6 is 0 Å². The van der Waals surface area contributed by atoms with Gasteiger partial charge in [-0.2, -0.15) is 0 Å². The standard InChI is InChI=1S/C14H28N2O/c17-14-7-11-16(12-8-14)10-4-9-15-13-5-2-1-3-6-13/h13-15,17H,1-12H2. The van der Waals surface area contributed by atoms with Gasteiger partial charge in [0.1, 0.15) is 0 Å². The van der Waals surface area contributed by atoms with Gasteiger partial charge in [-0.3, -0.25) is 0 Å². The molecule has 3 heteroatoms. The van der Waals surface area contributed by atoms with Crippen molar-refractivity contribution in [3.63, 3.8) is 0 Å². The molecule has 1 aliphatic heterocycles. The fraction of sp³-hybridized carbons (Fsp3) is 1.00. The van der Waals surface area contributed by atoms with Crippen LogP contribution in [0.4, 0.5) is 0 Å². The van der Waals surface area contributed by atoms with Crippen LogP contribution in [0.5, 0.6) is 0 Å². The van der Waals surface area contributed by atoms with Crippen molar-refractivity contribution in [2.45, 2.75) is 63.5 Å². The third-order valence-electron chi connectivity index (χ3n) is 4.25. The van der Waals surface area contributed by atoms with E-state index in [2.05, 4.69) is 10.2 Å². The molecule has 1 saturated heterocycles. The number of aliphatic hydroxyl groups is 1. The first-order valence-electron chi connectivity index (χ1n) is 7.48. The zero-order chi connectivity index (χ0) is 11.9. The van der Waals surface area contributed by atoms with Crippen molar-refractivity contribution < 1.29 is 5.11 Å². The van der Waals surface area contributed by atoms with Gasteiger partial charge in [0.05, 0.1) is 6.10 Å². The van der Waals surface area contributed by atoms with Gasteiger partial charge in [-0.25, -0.2) is 0 Å². The number of rotatable bonds is 5. The Balaban J connectivity index is 1.48. The zero-order valence-electron chi connectivity index (χ0n) is 11.0. The van der Waals surface area contributed by atoms with Gasteiger partial charge in [-0.1, -0.05) is 19.3 Å². The van der Waals surface area contributed by atoms with E-state index < -0.39 is 0 Å². The molecule has 17 heavy (non-hydrogen) atoms. The summed E-state index contributed by atoms with van der Waals surface area (Å²) in [6, 6.07) is 0.798. The maximum absolute atomic E-state index is 9.43. The first-order chi connectivity index (χ1) is 8.34. The normalized spacial score (nSPS) is 25.2. The third kappa shape index (κ3) is 4.94. The van der Waals surface area contributed by atoms with E-state index in [1.807, 2.05) is 0 Å². The minimum Gasteiger partial charge on any atom is -0.393 e. The van der Waals surface area contributed by atoms with Crippen molar-refractivity contribution in [3.8, 4) is 0 Å². The minimum atomic E-state index is -0.0355. The van der Waals surface area contributed by atoms with Gasteiger partial charge in [0.25, 0.3) is 0 Å². The molecule has 0 amide bonds. The molecular weight excluding hydrogens is 212 g/mol. The fourth-order valence-electron chi connectivity index (χ4n) is 3.06. The fourth-order valence-corrected chi connectivity index (χ4v) is 3.06. The average molecular weight is 240 g/mol. The predicted octanol–water partition coefficient (Wildman–Crippen LogP) is 1.76. The Morgan fingerprint density at radius 1 is 1.00 bits per heavy atom. The van der Waals surface area contributed by atoms with Crippen LogP contribution in [0.1, 0.15) is 51.4 Å². The summed E-state index contributed by atoms with van der Waals surface area (Å²) in [5, 5.41) is 13.1. The Morgan fingerprint density at radius 2 is 1.71 bits per heavy atom. The molecule has 0 radical (unpaired) electrons. The Labute approximate surface area is 106 Å². The molecule has 0 aromatic heterocycles. The van der Waals surface area contributed by atoms with Crippen LogP contribution in [0.25, 0.3) is 0 Å². The summed E-state index contributed by atoms with van der Waals surface area (Å²) in [5.74, 6) is 0. The van der Waals surface area contributed by atoms with Crippen molar-refractivity contribution in [2.75, 3.05) is 26.2 Å². The van der Waals surface area contributed by atoms with E-state index in [0.717, 1.165) is 32.0 Å². The number of nitrogens with one attached hydrogen (secondary N) is 1. The average Bonchev–Trinajstić information content (AvgIpc) is 2.38. The highest BCUT2D eigenvalue weighted by Gasteiger charge is 2.16. The second kappa shape index (κ2) is 7.34. The molecule has 1 aliphatic carbocycles. The summed E-state index contributed by atoms with van der Waals surface area (Å²) in [4.78, 5) is 2.50. The molecule has 1 heterocycles. The number of hydrogen-bond donors (Lipinski definition) is 2. The monoisotopic (exact) mass is 240 g/mol. The van der Waals surface area contributed by atoms with Crippen LogP contribution in [0, 0.1) is 0 Å². The molecule has 2 N–H and O–H groups in total. The van der Waals surface area contributed by atoms with Gasteiger partial charge in [0.15, 0.2) is 0 Å². The lowest BCUT2D eigenvalue weighted by molar-refractivity contribution is 0.0819. The van der Waals surface area contributed by atoms with Crippen molar-refractivity contribution >= 4 is 0 Å². The zero-order valence-corrected chi connectivity index (χ0v) is 11.0. The van der Waals surface area contributed by atoms with Crippen molar-refractivity contribution in [2.24, 2.45) is 0 Å².